The Labute approximate surface area is 170 Å². The van der Waals surface area contributed by atoms with Gasteiger partial charge in [0.25, 0.3) is 5.91 Å². The van der Waals surface area contributed by atoms with Crippen LogP contribution in [-0.2, 0) is 17.9 Å². The fourth-order valence-electron chi connectivity index (χ4n) is 3.97. The molecule has 6 nitrogen and oxygen atoms in total. The standard InChI is InChI=1S/C22H26FN3O3/c1-24(14-18-4-2-3-5-19(18)23)22(27)15-26-10-8-25(9-11-26)13-17-6-7-20-21(12-17)29-16-28-20/h2-7,12H,8-11,13-16H2,1H3/p+2. The van der Waals surface area contributed by atoms with Crippen molar-refractivity contribution >= 4 is 5.91 Å². The molecule has 0 aromatic heterocycles. The Balaban J connectivity index is 1.23. The number of nitrogens with zero attached hydrogens (tertiary/aromatic N) is 1. The predicted octanol–water partition coefficient (Wildman–Crippen LogP) is -0.504. The number of quaternary nitrogens is 2. The lowest BCUT2D eigenvalue weighted by Crippen LogP contribution is -3.28. The van der Waals surface area contributed by atoms with E-state index in [2.05, 4.69) is 12.1 Å². The lowest BCUT2D eigenvalue weighted by Gasteiger charge is -2.30. The number of carbonyl (C=O) groups is 1. The Morgan fingerprint density at radius 2 is 1.76 bits per heavy atom. The van der Waals surface area contributed by atoms with E-state index in [0.717, 1.165) is 44.2 Å². The molecule has 1 fully saturated rings. The first kappa shape index (κ1) is 19.7. The van der Waals surface area contributed by atoms with Crippen molar-refractivity contribution in [2.24, 2.45) is 0 Å². The summed E-state index contributed by atoms with van der Waals surface area (Å²) >= 11 is 0. The zero-order chi connectivity index (χ0) is 20.2. The van der Waals surface area contributed by atoms with E-state index in [0.29, 0.717) is 25.4 Å². The van der Waals surface area contributed by atoms with Gasteiger partial charge in [-0.15, -0.1) is 0 Å². The summed E-state index contributed by atoms with van der Waals surface area (Å²) in [5, 5.41) is 0. The van der Waals surface area contributed by atoms with Crippen molar-refractivity contribution in [3.63, 3.8) is 0 Å². The van der Waals surface area contributed by atoms with Crippen LogP contribution in [0.4, 0.5) is 4.39 Å². The number of piperazine rings is 1. The Morgan fingerprint density at radius 1 is 1.03 bits per heavy atom. The molecule has 2 aromatic carbocycles. The largest absolute Gasteiger partial charge is 0.454 e. The average molecular weight is 401 g/mol. The second-order valence-electron chi connectivity index (χ2n) is 7.88. The number of carbonyl (C=O) groups excluding carboxylic acids is 1. The van der Waals surface area contributed by atoms with E-state index < -0.39 is 0 Å². The monoisotopic (exact) mass is 401 g/mol. The van der Waals surface area contributed by atoms with Gasteiger partial charge < -0.3 is 24.2 Å². The molecule has 7 heteroatoms. The minimum absolute atomic E-state index is 0.0578. The van der Waals surface area contributed by atoms with E-state index in [1.807, 2.05) is 6.07 Å². The molecule has 1 amide bonds. The molecule has 2 aliphatic rings. The summed E-state index contributed by atoms with van der Waals surface area (Å²) in [5.41, 5.74) is 1.80. The number of hydrogen-bond donors (Lipinski definition) is 2. The SMILES string of the molecule is CN(Cc1ccccc1F)C(=O)C[NH+]1CC[NH+](Cc2ccc3c(c2)OCO3)CC1. The topological polar surface area (TPSA) is 47.7 Å². The molecule has 0 radical (unpaired) electrons. The summed E-state index contributed by atoms with van der Waals surface area (Å²) in [4.78, 5) is 17.0. The number of ether oxygens (including phenoxy) is 2. The molecule has 29 heavy (non-hydrogen) atoms. The van der Waals surface area contributed by atoms with E-state index in [1.165, 1.54) is 21.4 Å². The first-order valence-electron chi connectivity index (χ1n) is 10.1. The van der Waals surface area contributed by atoms with Gasteiger partial charge in [0.1, 0.15) is 38.5 Å². The van der Waals surface area contributed by atoms with Crippen LogP contribution in [0, 0.1) is 5.82 Å². The zero-order valence-electron chi connectivity index (χ0n) is 16.7. The van der Waals surface area contributed by atoms with Crippen LogP contribution >= 0.6 is 0 Å². The van der Waals surface area contributed by atoms with Crippen LogP contribution in [0.5, 0.6) is 11.5 Å². The van der Waals surface area contributed by atoms with Gasteiger partial charge in [-0.1, -0.05) is 18.2 Å². The van der Waals surface area contributed by atoms with E-state index in [-0.39, 0.29) is 11.7 Å². The molecule has 154 valence electrons. The fraction of sp³-hybridized carbons (Fsp3) is 0.409. The highest BCUT2D eigenvalue weighted by molar-refractivity contribution is 5.76. The number of nitrogens with one attached hydrogen (secondary N) is 2. The Hall–Kier alpha value is -2.64. The van der Waals surface area contributed by atoms with Gasteiger partial charge in [-0.3, -0.25) is 4.79 Å². The van der Waals surface area contributed by atoms with Crippen LogP contribution in [0.2, 0.25) is 0 Å². The summed E-state index contributed by atoms with van der Waals surface area (Å²) in [5.74, 6) is 1.44. The van der Waals surface area contributed by atoms with Crippen LogP contribution in [0.15, 0.2) is 42.5 Å². The lowest BCUT2D eigenvalue weighted by molar-refractivity contribution is -1.02. The Bertz CT molecular complexity index is 868. The van der Waals surface area contributed by atoms with Gasteiger partial charge in [0.15, 0.2) is 18.0 Å². The summed E-state index contributed by atoms with van der Waals surface area (Å²) in [6.45, 7) is 5.97. The third kappa shape index (κ3) is 4.86. The van der Waals surface area contributed by atoms with E-state index >= 15 is 0 Å². The van der Waals surface area contributed by atoms with Crippen LogP contribution in [0.1, 0.15) is 11.1 Å². The molecule has 1 saturated heterocycles. The Morgan fingerprint density at radius 3 is 2.55 bits per heavy atom. The highest BCUT2D eigenvalue weighted by Crippen LogP contribution is 2.32. The van der Waals surface area contributed by atoms with E-state index in [9.17, 15) is 9.18 Å². The predicted molar refractivity (Wildman–Crippen MR) is 105 cm³/mol. The minimum Gasteiger partial charge on any atom is -0.454 e. The highest BCUT2D eigenvalue weighted by atomic mass is 19.1. The second-order valence-corrected chi connectivity index (χ2v) is 7.88. The molecule has 2 aromatic rings. The molecule has 0 saturated carbocycles. The van der Waals surface area contributed by atoms with Gasteiger partial charge >= 0.3 is 0 Å². The smallest absolute Gasteiger partial charge is 0.277 e. The molecule has 0 atom stereocenters. The average Bonchev–Trinajstić information content (AvgIpc) is 3.19. The van der Waals surface area contributed by atoms with Gasteiger partial charge in [0.2, 0.25) is 6.79 Å². The maximum Gasteiger partial charge on any atom is 0.277 e. The molecule has 2 N–H and O–H groups in total. The summed E-state index contributed by atoms with van der Waals surface area (Å²) in [7, 11) is 1.75. The third-order valence-corrected chi connectivity index (χ3v) is 5.75. The number of fused-ring (bicyclic) bond motifs is 1. The zero-order valence-corrected chi connectivity index (χ0v) is 16.7. The molecular weight excluding hydrogens is 373 g/mol. The van der Waals surface area contributed by atoms with Gasteiger partial charge in [-0.05, 0) is 24.3 Å². The third-order valence-electron chi connectivity index (χ3n) is 5.75. The number of benzene rings is 2. The number of amides is 1. The van der Waals surface area contributed by atoms with Crippen molar-refractivity contribution < 1.29 is 28.5 Å². The van der Waals surface area contributed by atoms with Crippen LogP contribution in [0.3, 0.4) is 0 Å². The van der Waals surface area contributed by atoms with Gasteiger partial charge in [-0.25, -0.2) is 4.39 Å². The van der Waals surface area contributed by atoms with Crippen molar-refractivity contribution in [2.45, 2.75) is 13.1 Å². The molecule has 0 bridgehead atoms. The molecule has 2 heterocycles. The summed E-state index contributed by atoms with van der Waals surface area (Å²) in [6.07, 6.45) is 0. The maximum atomic E-state index is 13.8. The number of halogens is 1. The van der Waals surface area contributed by atoms with Crippen molar-refractivity contribution in [3.05, 3.63) is 59.4 Å². The van der Waals surface area contributed by atoms with Crippen molar-refractivity contribution in [2.75, 3.05) is 46.6 Å². The minimum atomic E-state index is -0.264. The highest BCUT2D eigenvalue weighted by Gasteiger charge is 2.26. The normalized spacial score (nSPS) is 20.5. The van der Waals surface area contributed by atoms with Crippen molar-refractivity contribution in [3.8, 4) is 11.5 Å². The van der Waals surface area contributed by atoms with Crippen LogP contribution in [-0.4, -0.2) is 57.4 Å². The molecule has 0 aliphatic carbocycles. The number of rotatable bonds is 6. The Kier molecular flexibility index (Phi) is 5.97. The van der Waals surface area contributed by atoms with Crippen LogP contribution in [0.25, 0.3) is 0 Å². The lowest BCUT2D eigenvalue weighted by atomic mass is 10.1. The van der Waals surface area contributed by atoms with Crippen LogP contribution < -0.4 is 19.3 Å². The first-order valence-corrected chi connectivity index (χ1v) is 10.1. The van der Waals surface area contributed by atoms with E-state index in [1.54, 1.807) is 30.1 Å². The molecule has 4 rings (SSSR count). The van der Waals surface area contributed by atoms with Gasteiger partial charge in [0.05, 0.1) is 0 Å². The van der Waals surface area contributed by atoms with E-state index in [4.69, 9.17) is 9.47 Å². The van der Waals surface area contributed by atoms with Gasteiger partial charge in [0, 0.05) is 24.7 Å². The van der Waals surface area contributed by atoms with Crippen molar-refractivity contribution in [1.82, 2.24) is 4.90 Å². The first-order chi connectivity index (χ1) is 14.1. The molecule has 2 aliphatic heterocycles. The fourth-order valence-corrected chi connectivity index (χ4v) is 3.97. The van der Waals surface area contributed by atoms with Gasteiger partial charge in [-0.2, -0.15) is 0 Å². The molecular formula is C22H28FN3O3+2. The number of likely N-dealkylation sites (N-methyl/N-ethyl adjacent to an activating group) is 1. The maximum absolute atomic E-state index is 13.8. The molecule has 0 unspecified atom stereocenters. The second kappa shape index (κ2) is 8.80. The quantitative estimate of drug-likeness (QED) is 0.686. The summed E-state index contributed by atoms with van der Waals surface area (Å²) in [6, 6.07) is 12.8. The summed E-state index contributed by atoms with van der Waals surface area (Å²) < 4.78 is 24.6. The number of hydrogen-bond acceptors (Lipinski definition) is 3. The van der Waals surface area contributed by atoms with Crippen molar-refractivity contribution in [1.29, 1.82) is 0 Å². The molecule has 0 spiro atoms.